The molecule has 1 atom stereocenters. The van der Waals surface area contributed by atoms with Gasteiger partial charge in [0.05, 0.1) is 6.42 Å². The van der Waals surface area contributed by atoms with E-state index in [9.17, 15) is 9.59 Å². The molecule has 1 rings (SSSR count). The second-order valence-corrected chi connectivity index (χ2v) is 5.89. The van der Waals surface area contributed by atoms with Gasteiger partial charge in [0.15, 0.2) is 0 Å². The lowest BCUT2D eigenvalue weighted by molar-refractivity contribution is -0.138. The smallest absolute Gasteiger partial charge is 0.315 e. The minimum absolute atomic E-state index is 0.0851. The number of carboxylic acids is 1. The van der Waals surface area contributed by atoms with Crippen molar-refractivity contribution in [1.29, 1.82) is 0 Å². The van der Waals surface area contributed by atoms with Crippen molar-refractivity contribution in [3.8, 4) is 0 Å². The maximum absolute atomic E-state index is 11.8. The van der Waals surface area contributed by atoms with Crippen molar-refractivity contribution in [3.05, 3.63) is 0 Å². The number of hydrogen-bond acceptors (Lipinski definition) is 2. The Morgan fingerprint density at radius 2 is 1.89 bits per heavy atom. The molecule has 0 spiro atoms. The molecule has 0 radical (unpaired) electrons. The molecule has 3 N–H and O–H groups in total. The lowest BCUT2D eigenvalue weighted by Gasteiger charge is -2.27. The summed E-state index contributed by atoms with van der Waals surface area (Å²) in [6, 6.07) is -0.131. The zero-order valence-corrected chi connectivity index (χ0v) is 11.5. The third-order valence-electron chi connectivity index (χ3n) is 3.51. The molecule has 5 nitrogen and oxygen atoms in total. The van der Waals surface area contributed by atoms with Crippen LogP contribution in [0.4, 0.5) is 4.79 Å². The predicted molar refractivity (Wildman–Crippen MR) is 69.4 cm³/mol. The van der Waals surface area contributed by atoms with Crippen LogP contribution in [0.3, 0.4) is 0 Å². The van der Waals surface area contributed by atoms with E-state index in [0.717, 1.165) is 0 Å². The highest BCUT2D eigenvalue weighted by Gasteiger charge is 2.27. The Morgan fingerprint density at radius 1 is 1.33 bits per heavy atom. The minimum Gasteiger partial charge on any atom is -0.481 e. The second kappa shape index (κ2) is 6.07. The summed E-state index contributed by atoms with van der Waals surface area (Å²) < 4.78 is 0. The molecule has 1 aliphatic rings. The Bertz CT molecular complexity index is 309. The average molecular weight is 256 g/mol. The molecule has 0 aromatic carbocycles. The maximum atomic E-state index is 11.8. The number of aliphatic carboxylic acids is 1. The second-order valence-electron chi connectivity index (χ2n) is 5.89. The average Bonchev–Trinajstić information content (AvgIpc) is 2.65. The molecule has 2 amide bonds. The van der Waals surface area contributed by atoms with Crippen LogP contribution >= 0.6 is 0 Å². The first-order valence-electron chi connectivity index (χ1n) is 6.60. The van der Waals surface area contributed by atoms with Crippen LogP contribution in [0.25, 0.3) is 0 Å². The van der Waals surface area contributed by atoms with E-state index < -0.39 is 11.5 Å². The maximum Gasteiger partial charge on any atom is 0.315 e. The zero-order chi connectivity index (χ0) is 13.8. The van der Waals surface area contributed by atoms with E-state index in [4.69, 9.17) is 5.11 Å². The van der Waals surface area contributed by atoms with Crippen LogP contribution in [0.2, 0.25) is 0 Å². The molecule has 0 bridgehead atoms. The van der Waals surface area contributed by atoms with Gasteiger partial charge in [0.2, 0.25) is 0 Å². The van der Waals surface area contributed by atoms with Crippen LogP contribution in [0.5, 0.6) is 0 Å². The van der Waals surface area contributed by atoms with Crippen molar-refractivity contribution in [1.82, 2.24) is 10.6 Å². The fourth-order valence-corrected chi connectivity index (χ4v) is 2.55. The molecule has 18 heavy (non-hydrogen) atoms. The van der Waals surface area contributed by atoms with Crippen molar-refractivity contribution in [2.45, 2.75) is 64.5 Å². The molecule has 0 heterocycles. The number of carbonyl (C=O) groups is 2. The number of carbonyl (C=O) groups excluding carboxylic acids is 1. The van der Waals surface area contributed by atoms with E-state index in [1.165, 1.54) is 25.7 Å². The summed E-state index contributed by atoms with van der Waals surface area (Å²) in [6.07, 6.45) is 4.73. The molecule has 0 aromatic rings. The molecule has 104 valence electrons. The highest BCUT2D eigenvalue weighted by Crippen LogP contribution is 2.27. The fraction of sp³-hybridized carbons (Fsp3) is 0.846. The van der Waals surface area contributed by atoms with Gasteiger partial charge in [0, 0.05) is 11.6 Å². The van der Waals surface area contributed by atoms with Gasteiger partial charge >= 0.3 is 12.0 Å². The Hall–Kier alpha value is -1.26. The van der Waals surface area contributed by atoms with Crippen LogP contribution in [0, 0.1) is 5.92 Å². The molecular formula is C13H24N2O3. The van der Waals surface area contributed by atoms with E-state index in [2.05, 4.69) is 10.6 Å². The monoisotopic (exact) mass is 256 g/mol. The van der Waals surface area contributed by atoms with Gasteiger partial charge in [-0.3, -0.25) is 4.79 Å². The summed E-state index contributed by atoms with van der Waals surface area (Å²) in [5.74, 6) is -0.359. The Balaban J connectivity index is 2.38. The number of hydrogen-bond donors (Lipinski definition) is 3. The first kappa shape index (κ1) is 14.8. The van der Waals surface area contributed by atoms with Gasteiger partial charge < -0.3 is 15.7 Å². The molecule has 5 heteroatoms. The molecule has 1 unspecified atom stereocenters. The van der Waals surface area contributed by atoms with E-state index in [0.29, 0.717) is 5.92 Å². The molecule has 1 saturated carbocycles. The van der Waals surface area contributed by atoms with E-state index in [1.54, 1.807) is 13.8 Å². The molecule has 0 aliphatic heterocycles. The van der Waals surface area contributed by atoms with Gasteiger partial charge in [-0.2, -0.15) is 0 Å². The topological polar surface area (TPSA) is 78.4 Å². The summed E-state index contributed by atoms with van der Waals surface area (Å²) >= 11 is 0. The van der Waals surface area contributed by atoms with Crippen molar-refractivity contribution in [2.75, 3.05) is 0 Å². The van der Waals surface area contributed by atoms with Gasteiger partial charge in [0.1, 0.15) is 0 Å². The first-order chi connectivity index (χ1) is 8.30. The Morgan fingerprint density at radius 3 is 2.39 bits per heavy atom. The van der Waals surface area contributed by atoms with Crippen molar-refractivity contribution in [2.24, 2.45) is 5.92 Å². The van der Waals surface area contributed by atoms with Crippen molar-refractivity contribution >= 4 is 12.0 Å². The summed E-state index contributed by atoms with van der Waals surface area (Å²) in [7, 11) is 0. The summed E-state index contributed by atoms with van der Waals surface area (Å²) in [5, 5.41) is 14.4. The number of urea groups is 1. The molecular weight excluding hydrogens is 232 g/mol. The molecule has 1 fully saturated rings. The number of nitrogens with one attached hydrogen (secondary N) is 2. The number of rotatable bonds is 5. The first-order valence-corrected chi connectivity index (χ1v) is 6.60. The molecule has 0 saturated heterocycles. The highest BCUT2D eigenvalue weighted by molar-refractivity contribution is 5.76. The number of amides is 2. The van der Waals surface area contributed by atoms with Gasteiger partial charge in [-0.15, -0.1) is 0 Å². The van der Waals surface area contributed by atoms with Gasteiger partial charge in [-0.25, -0.2) is 4.79 Å². The van der Waals surface area contributed by atoms with Crippen LogP contribution in [0.15, 0.2) is 0 Å². The van der Waals surface area contributed by atoms with Gasteiger partial charge in [-0.05, 0) is 39.5 Å². The lowest BCUT2D eigenvalue weighted by Crippen LogP contribution is -2.52. The SMILES string of the molecule is CC(NC(=O)NC(C)(C)CC(=O)O)C1CCCC1. The van der Waals surface area contributed by atoms with E-state index in [1.807, 2.05) is 6.92 Å². The lowest BCUT2D eigenvalue weighted by atomic mass is 9.99. The molecule has 1 aliphatic carbocycles. The highest BCUT2D eigenvalue weighted by atomic mass is 16.4. The Labute approximate surface area is 108 Å². The Kier molecular flexibility index (Phi) is 4.99. The van der Waals surface area contributed by atoms with Crippen molar-refractivity contribution < 1.29 is 14.7 Å². The van der Waals surface area contributed by atoms with E-state index in [-0.39, 0.29) is 18.5 Å². The van der Waals surface area contributed by atoms with Gasteiger partial charge in [0.25, 0.3) is 0 Å². The van der Waals surface area contributed by atoms with E-state index >= 15 is 0 Å². The quantitative estimate of drug-likeness (QED) is 0.705. The summed E-state index contributed by atoms with van der Waals surface area (Å²) in [6.45, 7) is 5.43. The fourth-order valence-electron chi connectivity index (χ4n) is 2.55. The predicted octanol–water partition coefficient (Wildman–Crippen LogP) is 2.12. The molecule has 0 aromatic heterocycles. The number of carboxylic acid groups (broad SMARTS) is 1. The summed E-state index contributed by atoms with van der Waals surface area (Å²) in [5.41, 5.74) is -0.731. The minimum atomic E-state index is -0.913. The van der Waals surface area contributed by atoms with Crippen LogP contribution < -0.4 is 10.6 Å². The standard InChI is InChI=1S/C13H24N2O3/c1-9(10-6-4-5-7-10)14-12(18)15-13(2,3)8-11(16)17/h9-10H,4-8H2,1-3H3,(H,16,17)(H2,14,15,18). The summed E-state index contributed by atoms with van der Waals surface area (Å²) in [4.78, 5) is 22.4. The van der Waals surface area contributed by atoms with Gasteiger partial charge in [-0.1, -0.05) is 12.8 Å². The normalized spacial score (nSPS) is 18.4. The largest absolute Gasteiger partial charge is 0.481 e. The third kappa shape index (κ3) is 4.94. The van der Waals surface area contributed by atoms with Crippen LogP contribution in [0.1, 0.15) is 52.9 Å². The van der Waals surface area contributed by atoms with Crippen molar-refractivity contribution in [3.63, 3.8) is 0 Å². The van der Waals surface area contributed by atoms with Crippen LogP contribution in [-0.2, 0) is 4.79 Å². The zero-order valence-electron chi connectivity index (χ0n) is 11.5. The van der Waals surface area contributed by atoms with Crippen LogP contribution in [-0.4, -0.2) is 28.7 Å². The third-order valence-corrected chi connectivity index (χ3v) is 3.51.